The van der Waals surface area contributed by atoms with Gasteiger partial charge in [-0.2, -0.15) is 0 Å². The van der Waals surface area contributed by atoms with Crippen molar-refractivity contribution in [2.24, 2.45) is 5.41 Å². The molecule has 190 valence electrons. The van der Waals surface area contributed by atoms with Crippen LogP contribution in [0.2, 0.25) is 0 Å². The fourth-order valence-corrected chi connectivity index (χ4v) is 6.07. The molecule has 3 heterocycles. The second-order valence-corrected chi connectivity index (χ2v) is 10.8. The van der Waals surface area contributed by atoms with E-state index in [2.05, 4.69) is 20.4 Å². The van der Waals surface area contributed by atoms with Crippen molar-refractivity contribution in [2.45, 2.75) is 57.0 Å². The summed E-state index contributed by atoms with van der Waals surface area (Å²) in [5.74, 6) is -0.229. The van der Waals surface area contributed by atoms with Gasteiger partial charge in [-0.15, -0.1) is 0 Å². The number of hydrogen-bond acceptors (Lipinski definition) is 5. The predicted molar refractivity (Wildman–Crippen MR) is 130 cm³/mol. The third-order valence-electron chi connectivity index (χ3n) is 8.39. The predicted octanol–water partition coefficient (Wildman–Crippen LogP) is 1.50. The molecule has 0 radical (unpaired) electrons. The van der Waals surface area contributed by atoms with Gasteiger partial charge in [0.15, 0.2) is 0 Å². The van der Waals surface area contributed by atoms with E-state index in [1.54, 1.807) is 0 Å². The summed E-state index contributed by atoms with van der Waals surface area (Å²) in [5, 5.41) is 6.07. The molecule has 1 aromatic rings. The molecule has 35 heavy (non-hydrogen) atoms. The molecule has 1 aromatic carbocycles. The Kier molecular flexibility index (Phi) is 6.46. The Hall–Kier alpha value is -2.68. The first-order chi connectivity index (χ1) is 16.8. The Bertz CT molecular complexity index is 964. The molecule has 3 amide bonds. The number of amides is 3. The summed E-state index contributed by atoms with van der Waals surface area (Å²) < 4.78 is 13.2. The Morgan fingerprint density at radius 3 is 2.29 bits per heavy atom. The average molecular weight is 486 g/mol. The van der Waals surface area contributed by atoms with Crippen LogP contribution < -0.4 is 15.5 Å². The molecule has 1 aliphatic carbocycles. The molecule has 1 spiro atoms. The number of hydrogen-bond donors (Lipinski definition) is 2. The lowest BCUT2D eigenvalue weighted by Gasteiger charge is -2.39. The van der Waals surface area contributed by atoms with Crippen molar-refractivity contribution in [1.29, 1.82) is 0 Å². The zero-order valence-electron chi connectivity index (χ0n) is 20.5. The molecule has 0 aromatic heterocycles. The van der Waals surface area contributed by atoms with E-state index in [1.807, 2.05) is 17.0 Å². The topological polar surface area (TPSA) is 85.0 Å². The molecule has 8 nitrogen and oxygen atoms in total. The van der Waals surface area contributed by atoms with Gasteiger partial charge in [0, 0.05) is 64.5 Å². The molecule has 4 fully saturated rings. The minimum absolute atomic E-state index is 0.0114. The Labute approximate surface area is 206 Å². The molecule has 3 saturated heterocycles. The summed E-state index contributed by atoms with van der Waals surface area (Å²) in [4.78, 5) is 44.0. The van der Waals surface area contributed by atoms with Crippen LogP contribution in [-0.4, -0.2) is 84.9 Å². The molecular formula is C26H36FN5O3. The van der Waals surface area contributed by atoms with Crippen LogP contribution in [0.1, 0.15) is 45.4 Å². The van der Waals surface area contributed by atoms with Gasteiger partial charge in [-0.3, -0.25) is 19.3 Å². The Morgan fingerprint density at radius 1 is 1.03 bits per heavy atom. The highest BCUT2D eigenvalue weighted by Crippen LogP contribution is 2.43. The van der Waals surface area contributed by atoms with Crippen molar-refractivity contribution in [3.8, 4) is 0 Å². The van der Waals surface area contributed by atoms with Gasteiger partial charge in [-0.1, -0.05) is 0 Å². The molecular weight excluding hydrogens is 449 g/mol. The van der Waals surface area contributed by atoms with Crippen molar-refractivity contribution in [3.05, 3.63) is 30.1 Å². The largest absolute Gasteiger partial charge is 0.369 e. The average Bonchev–Trinajstić information content (AvgIpc) is 3.56. The lowest BCUT2D eigenvalue weighted by molar-refractivity contribution is -0.142. The van der Waals surface area contributed by atoms with Crippen molar-refractivity contribution in [1.82, 2.24) is 20.4 Å². The molecule has 9 heteroatoms. The molecule has 4 aliphatic rings. The third-order valence-corrected chi connectivity index (χ3v) is 8.39. The van der Waals surface area contributed by atoms with Gasteiger partial charge in [0.2, 0.25) is 17.7 Å². The van der Waals surface area contributed by atoms with E-state index in [0.29, 0.717) is 38.8 Å². The number of halogens is 1. The summed E-state index contributed by atoms with van der Waals surface area (Å²) in [6.07, 6.45) is 4.54. The van der Waals surface area contributed by atoms with Gasteiger partial charge in [-0.05, 0) is 62.8 Å². The molecule has 2 N–H and O–H groups in total. The van der Waals surface area contributed by atoms with E-state index in [0.717, 1.165) is 51.3 Å². The van der Waals surface area contributed by atoms with Crippen LogP contribution in [0.4, 0.5) is 10.1 Å². The monoisotopic (exact) mass is 485 g/mol. The van der Waals surface area contributed by atoms with Gasteiger partial charge in [-0.25, -0.2) is 4.39 Å². The zero-order valence-corrected chi connectivity index (χ0v) is 20.5. The first kappa shape index (κ1) is 24.0. The van der Waals surface area contributed by atoms with E-state index in [4.69, 9.17) is 0 Å². The normalized spacial score (nSPS) is 25.4. The first-order valence-corrected chi connectivity index (χ1v) is 12.9. The summed E-state index contributed by atoms with van der Waals surface area (Å²) in [7, 11) is 0. The van der Waals surface area contributed by atoms with E-state index < -0.39 is 5.54 Å². The SMILES string of the molecule is CC(=O)NC1(C(=O)N2CCC3(CC2)C[C@H](CCN2CCN(c4ccc(F)cc4)CC2)NC3=O)CC1. The van der Waals surface area contributed by atoms with Gasteiger partial charge in [0.1, 0.15) is 11.4 Å². The molecule has 1 atom stereocenters. The molecule has 3 aliphatic heterocycles. The van der Waals surface area contributed by atoms with E-state index >= 15 is 0 Å². The summed E-state index contributed by atoms with van der Waals surface area (Å²) in [6, 6.07) is 6.86. The van der Waals surface area contributed by atoms with Gasteiger partial charge in [0.05, 0.1) is 5.41 Å². The van der Waals surface area contributed by atoms with Crippen LogP contribution in [0.25, 0.3) is 0 Å². The van der Waals surface area contributed by atoms with E-state index in [-0.39, 0.29) is 35.0 Å². The number of likely N-dealkylation sites (tertiary alicyclic amines) is 1. The smallest absolute Gasteiger partial charge is 0.248 e. The minimum atomic E-state index is -0.697. The van der Waals surface area contributed by atoms with Crippen LogP contribution in [0.15, 0.2) is 24.3 Å². The van der Waals surface area contributed by atoms with Crippen LogP contribution in [0, 0.1) is 11.2 Å². The maximum atomic E-state index is 13.2. The van der Waals surface area contributed by atoms with Crippen LogP contribution >= 0.6 is 0 Å². The quantitative estimate of drug-likeness (QED) is 0.638. The number of piperazine rings is 1. The maximum absolute atomic E-state index is 13.2. The van der Waals surface area contributed by atoms with Crippen molar-refractivity contribution in [3.63, 3.8) is 0 Å². The fourth-order valence-electron chi connectivity index (χ4n) is 6.07. The number of anilines is 1. The number of nitrogens with zero attached hydrogens (tertiary/aromatic N) is 3. The highest BCUT2D eigenvalue weighted by molar-refractivity contribution is 5.94. The standard InChI is InChI=1S/C26H36FN5O3/c1-19(33)29-26(7-8-26)24(35)32-12-9-25(10-13-32)18-21(28-23(25)34)6-11-30-14-16-31(17-15-30)22-4-2-20(27)3-5-22/h2-5,21H,6-18H2,1H3,(H,28,34)(H,29,33)/t21-/m0/s1. The fraction of sp³-hybridized carbons (Fsp3) is 0.654. The minimum Gasteiger partial charge on any atom is -0.369 e. The Balaban J connectivity index is 1.07. The van der Waals surface area contributed by atoms with E-state index in [1.165, 1.54) is 19.1 Å². The zero-order chi connectivity index (χ0) is 24.6. The number of nitrogens with one attached hydrogen (secondary N) is 2. The number of carbonyl (C=O) groups excluding carboxylic acids is 3. The van der Waals surface area contributed by atoms with Crippen molar-refractivity contribution in [2.75, 3.05) is 50.7 Å². The number of rotatable bonds is 6. The van der Waals surface area contributed by atoms with Crippen LogP contribution in [0.3, 0.4) is 0 Å². The number of piperidine rings is 1. The first-order valence-electron chi connectivity index (χ1n) is 12.9. The van der Waals surface area contributed by atoms with E-state index in [9.17, 15) is 18.8 Å². The van der Waals surface area contributed by atoms with Gasteiger partial charge < -0.3 is 20.4 Å². The van der Waals surface area contributed by atoms with Crippen LogP contribution in [0.5, 0.6) is 0 Å². The Morgan fingerprint density at radius 2 is 1.69 bits per heavy atom. The molecule has 1 saturated carbocycles. The summed E-state index contributed by atoms with van der Waals surface area (Å²) in [5.41, 5.74) is -0.00381. The van der Waals surface area contributed by atoms with Crippen LogP contribution in [-0.2, 0) is 14.4 Å². The molecule has 0 unspecified atom stereocenters. The maximum Gasteiger partial charge on any atom is 0.248 e. The van der Waals surface area contributed by atoms with Crippen molar-refractivity contribution >= 4 is 23.4 Å². The highest BCUT2D eigenvalue weighted by atomic mass is 19.1. The number of benzene rings is 1. The highest BCUT2D eigenvalue weighted by Gasteiger charge is 2.55. The lowest BCUT2D eigenvalue weighted by atomic mass is 9.75. The number of carbonyl (C=O) groups is 3. The second-order valence-electron chi connectivity index (χ2n) is 10.8. The lowest BCUT2D eigenvalue weighted by Crippen LogP contribution is -2.54. The summed E-state index contributed by atoms with van der Waals surface area (Å²) >= 11 is 0. The van der Waals surface area contributed by atoms with Gasteiger partial charge in [0.25, 0.3) is 0 Å². The second kappa shape index (κ2) is 9.41. The molecule has 0 bridgehead atoms. The third kappa shape index (κ3) is 5.01. The van der Waals surface area contributed by atoms with Crippen molar-refractivity contribution < 1.29 is 18.8 Å². The molecule has 5 rings (SSSR count). The van der Waals surface area contributed by atoms with Gasteiger partial charge >= 0.3 is 0 Å². The summed E-state index contributed by atoms with van der Waals surface area (Å²) in [6.45, 7) is 7.28.